The van der Waals surface area contributed by atoms with E-state index >= 15 is 0 Å². The van der Waals surface area contributed by atoms with Gasteiger partial charge in [-0.15, -0.1) is 0 Å². The Labute approximate surface area is 367 Å². The van der Waals surface area contributed by atoms with Gasteiger partial charge < -0.3 is 20.4 Å². The topological polar surface area (TPSA) is 149 Å². The van der Waals surface area contributed by atoms with Crippen molar-refractivity contribution >= 4 is 23.9 Å². The Morgan fingerprint density at radius 3 is 1.41 bits per heavy atom. The zero-order chi connectivity index (χ0) is 45.3. The monoisotopic (exact) mass is 845 g/mol. The molecule has 0 aliphatic heterocycles. The van der Waals surface area contributed by atoms with Crippen molar-refractivity contribution in [1.82, 2.24) is 0 Å². The second kappa shape index (κ2) is 21.1. The summed E-state index contributed by atoms with van der Waals surface area (Å²) in [6.07, 6.45) is 20.0. The highest BCUT2D eigenvalue weighted by Crippen LogP contribution is 2.63. The maximum Gasteiger partial charge on any atom is 0.310 e. The summed E-state index contributed by atoms with van der Waals surface area (Å²) in [5.41, 5.74) is 10.5. The van der Waals surface area contributed by atoms with E-state index in [1.54, 1.807) is 27.7 Å². The van der Waals surface area contributed by atoms with Gasteiger partial charge in [0, 0.05) is 5.92 Å². The van der Waals surface area contributed by atoms with E-state index in [2.05, 4.69) is 46.8 Å². The highest BCUT2D eigenvalue weighted by atomic mass is 16.4. The molecule has 2 aromatic rings. The molecular weight excluding hydrogens is 765 g/mol. The number of rotatable bonds is 29. The van der Waals surface area contributed by atoms with Crippen LogP contribution in [0, 0.1) is 56.3 Å². The standard InChI is InChI=1S/C53H80O8/c1-35-32-37(3)40(41(38(35)4)23-15-10-18-26-50(6,7)46(54)55)22-14-13-21-29-53(49(60)61)34-45(53)44-33-36(2)39(5)42(24-16-12-20-28-52(30-31-52)48(58)59)43(44)25-17-11-19-27-51(8,9)47(56)57/h32-33,45H,10-31,34H2,1-9H3,(H,54,55)(H,56,57)(H,58,59)(H,60,61). The second-order valence-electron chi connectivity index (χ2n) is 20.9. The Morgan fingerprint density at radius 2 is 0.951 bits per heavy atom. The first-order chi connectivity index (χ1) is 28.6. The van der Waals surface area contributed by atoms with E-state index in [1.807, 2.05) is 0 Å². The van der Waals surface area contributed by atoms with Crippen LogP contribution in [0.1, 0.15) is 211 Å². The predicted octanol–water partition coefficient (Wildman–Crippen LogP) is 13.0. The Bertz CT molecular complexity index is 1880. The van der Waals surface area contributed by atoms with Gasteiger partial charge in [0.25, 0.3) is 0 Å². The largest absolute Gasteiger partial charge is 0.481 e. The molecular formula is C53H80O8. The Balaban J connectivity index is 1.43. The Hall–Kier alpha value is -3.68. The first kappa shape index (κ1) is 50.0. The summed E-state index contributed by atoms with van der Waals surface area (Å²) in [6.45, 7) is 18.1. The molecule has 0 bridgehead atoms. The van der Waals surface area contributed by atoms with Gasteiger partial charge in [-0.2, -0.15) is 0 Å². The lowest BCUT2D eigenvalue weighted by atomic mass is 9.82. The van der Waals surface area contributed by atoms with E-state index < -0.39 is 45.5 Å². The molecule has 2 aliphatic rings. The number of benzene rings is 2. The second-order valence-corrected chi connectivity index (χ2v) is 20.9. The summed E-state index contributed by atoms with van der Waals surface area (Å²) in [5.74, 6) is -2.88. The van der Waals surface area contributed by atoms with Crippen LogP contribution in [0.15, 0.2) is 12.1 Å². The van der Waals surface area contributed by atoms with Gasteiger partial charge in [0.15, 0.2) is 0 Å². The molecule has 2 fully saturated rings. The molecule has 0 aromatic heterocycles. The SMILES string of the molecule is Cc1cc(C)c(CCCCCC2(C(=O)O)CC2c2cc(C)c(C)c(CCCCCC3(C(=O)O)CC3)c2CCCCCC(C)(C)C(=O)O)c(CCCCCC(C)(C)C(=O)O)c1C. The number of carbonyl (C=O) groups is 4. The minimum Gasteiger partial charge on any atom is -0.481 e. The molecule has 0 heterocycles. The number of aliphatic carboxylic acids is 4. The molecule has 0 spiro atoms. The van der Waals surface area contributed by atoms with Crippen molar-refractivity contribution in [3.05, 3.63) is 67.8 Å². The first-order valence-corrected chi connectivity index (χ1v) is 23.7. The Morgan fingerprint density at radius 1 is 0.525 bits per heavy atom. The van der Waals surface area contributed by atoms with E-state index in [0.717, 1.165) is 122 Å². The molecule has 2 unspecified atom stereocenters. The molecule has 4 N–H and O–H groups in total. The van der Waals surface area contributed by atoms with Crippen LogP contribution < -0.4 is 0 Å². The van der Waals surface area contributed by atoms with E-state index in [9.17, 15) is 39.6 Å². The maximum atomic E-state index is 13.2. The third-order valence-corrected chi connectivity index (χ3v) is 15.4. The average Bonchev–Trinajstić information content (AvgIpc) is 4.12. The van der Waals surface area contributed by atoms with Crippen LogP contribution in [-0.4, -0.2) is 44.3 Å². The highest BCUT2D eigenvalue weighted by molar-refractivity contribution is 5.81. The fourth-order valence-electron chi connectivity index (χ4n) is 10.1. The van der Waals surface area contributed by atoms with Crippen LogP contribution in [0.4, 0.5) is 0 Å². The van der Waals surface area contributed by atoms with Crippen molar-refractivity contribution < 1.29 is 39.6 Å². The first-order valence-electron chi connectivity index (χ1n) is 23.7. The zero-order valence-corrected chi connectivity index (χ0v) is 39.4. The molecule has 8 nitrogen and oxygen atoms in total. The van der Waals surface area contributed by atoms with Gasteiger partial charge in [0.2, 0.25) is 0 Å². The van der Waals surface area contributed by atoms with Crippen LogP contribution >= 0.6 is 0 Å². The summed E-state index contributed by atoms with van der Waals surface area (Å²) >= 11 is 0. The lowest BCUT2D eigenvalue weighted by Gasteiger charge is -2.23. The van der Waals surface area contributed by atoms with Crippen LogP contribution in [0.5, 0.6) is 0 Å². The fraction of sp³-hybridized carbons (Fsp3) is 0.698. The quantitative estimate of drug-likeness (QED) is 0.0591. The summed E-state index contributed by atoms with van der Waals surface area (Å²) < 4.78 is 0. The molecule has 0 amide bonds. The number of carboxylic acid groups (broad SMARTS) is 4. The van der Waals surface area contributed by atoms with Crippen LogP contribution in [-0.2, 0) is 44.9 Å². The smallest absolute Gasteiger partial charge is 0.310 e. The van der Waals surface area contributed by atoms with Gasteiger partial charge >= 0.3 is 23.9 Å². The van der Waals surface area contributed by atoms with E-state index in [0.29, 0.717) is 25.7 Å². The van der Waals surface area contributed by atoms with Crippen LogP contribution in [0.25, 0.3) is 0 Å². The van der Waals surface area contributed by atoms with Gasteiger partial charge in [0.1, 0.15) is 0 Å². The Kier molecular flexibility index (Phi) is 17.3. The average molecular weight is 845 g/mol. The molecule has 2 aromatic carbocycles. The minimum atomic E-state index is -0.770. The molecule has 0 saturated heterocycles. The van der Waals surface area contributed by atoms with E-state index in [4.69, 9.17) is 0 Å². The summed E-state index contributed by atoms with van der Waals surface area (Å²) in [5, 5.41) is 39.6. The van der Waals surface area contributed by atoms with Crippen molar-refractivity contribution in [2.75, 3.05) is 0 Å². The molecule has 8 heteroatoms. The molecule has 0 radical (unpaired) electrons. The van der Waals surface area contributed by atoms with Gasteiger partial charge in [-0.05, 0) is 214 Å². The summed E-state index contributed by atoms with van der Waals surface area (Å²) in [6, 6.07) is 4.57. The van der Waals surface area contributed by atoms with Crippen molar-refractivity contribution in [2.45, 2.75) is 216 Å². The lowest BCUT2D eigenvalue weighted by molar-refractivity contribution is -0.148. The minimum absolute atomic E-state index is 0.0241. The molecule has 61 heavy (non-hydrogen) atoms. The van der Waals surface area contributed by atoms with Gasteiger partial charge in [0.05, 0.1) is 21.7 Å². The normalized spacial score (nSPS) is 18.3. The third kappa shape index (κ3) is 12.7. The van der Waals surface area contributed by atoms with E-state index in [-0.39, 0.29) is 5.92 Å². The molecule has 340 valence electrons. The highest BCUT2D eigenvalue weighted by Gasteiger charge is 2.60. The van der Waals surface area contributed by atoms with Gasteiger partial charge in [-0.25, -0.2) is 0 Å². The maximum absolute atomic E-state index is 13.2. The number of unbranched alkanes of at least 4 members (excludes halogenated alkanes) is 8. The summed E-state index contributed by atoms with van der Waals surface area (Å²) in [4.78, 5) is 48.2. The molecule has 2 saturated carbocycles. The molecule has 2 aliphatic carbocycles. The number of carboxylic acids is 4. The van der Waals surface area contributed by atoms with Crippen LogP contribution in [0.2, 0.25) is 0 Å². The zero-order valence-electron chi connectivity index (χ0n) is 39.4. The van der Waals surface area contributed by atoms with Gasteiger partial charge in [-0.3, -0.25) is 19.2 Å². The van der Waals surface area contributed by atoms with Crippen molar-refractivity contribution in [3.8, 4) is 0 Å². The van der Waals surface area contributed by atoms with Gasteiger partial charge in [-0.1, -0.05) is 63.5 Å². The summed E-state index contributed by atoms with van der Waals surface area (Å²) in [7, 11) is 0. The number of hydrogen-bond donors (Lipinski definition) is 4. The molecule has 4 rings (SSSR count). The van der Waals surface area contributed by atoms with Crippen molar-refractivity contribution in [3.63, 3.8) is 0 Å². The van der Waals surface area contributed by atoms with Crippen molar-refractivity contribution in [2.24, 2.45) is 21.7 Å². The fourth-order valence-corrected chi connectivity index (χ4v) is 10.1. The number of hydrogen-bond acceptors (Lipinski definition) is 4. The molecule has 2 atom stereocenters. The van der Waals surface area contributed by atoms with E-state index in [1.165, 1.54) is 55.6 Å². The van der Waals surface area contributed by atoms with Crippen molar-refractivity contribution in [1.29, 1.82) is 0 Å². The van der Waals surface area contributed by atoms with Crippen LogP contribution in [0.3, 0.4) is 0 Å². The third-order valence-electron chi connectivity index (χ3n) is 15.4. The predicted molar refractivity (Wildman–Crippen MR) is 245 cm³/mol. The lowest BCUT2D eigenvalue weighted by Crippen LogP contribution is -2.23. The number of aryl methyl sites for hydroxylation is 3.